The zero-order valence-corrected chi connectivity index (χ0v) is 12.2. The molecule has 21 heavy (non-hydrogen) atoms. The monoisotopic (exact) mass is 283 g/mol. The fourth-order valence-electron chi connectivity index (χ4n) is 2.11. The van der Waals surface area contributed by atoms with Gasteiger partial charge in [0.05, 0.1) is 0 Å². The smallest absolute Gasteiger partial charge is 0.129 e. The summed E-state index contributed by atoms with van der Waals surface area (Å²) in [6.45, 7) is 2.30. The van der Waals surface area contributed by atoms with E-state index in [0.29, 0.717) is 17.7 Å². The van der Waals surface area contributed by atoms with Crippen molar-refractivity contribution < 1.29 is 9.50 Å². The number of hydrogen-bond donors (Lipinski definition) is 1. The van der Waals surface area contributed by atoms with E-state index in [9.17, 15) is 4.39 Å². The molecule has 0 atom stereocenters. The zero-order chi connectivity index (χ0) is 15.2. The number of rotatable bonds is 3. The minimum Gasteiger partial charge on any atom is -0.384 e. The van der Waals surface area contributed by atoms with E-state index in [0.717, 1.165) is 5.69 Å². The molecule has 0 saturated carbocycles. The van der Waals surface area contributed by atoms with Crippen LogP contribution in [-0.4, -0.2) is 18.8 Å². The predicted molar refractivity (Wildman–Crippen MR) is 83.6 cm³/mol. The highest BCUT2D eigenvalue weighted by atomic mass is 19.1. The Labute approximate surface area is 124 Å². The van der Waals surface area contributed by atoms with Crippen LogP contribution in [0.25, 0.3) is 0 Å². The molecule has 0 saturated heterocycles. The molecule has 0 aromatic heterocycles. The molecule has 0 bridgehead atoms. The second kappa shape index (κ2) is 6.92. The second-order valence-corrected chi connectivity index (χ2v) is 4.96. The van der Waals surface area contributed by atoms with Gasteiger partial charge in [-0.3, -0.25) is 0 Å². The van der Waals surface area contributed by atoms with Crippen LogP contribution >= 0.6 is 0 Å². The van der Waals surface area contributed by atoms with Crippen molar-refractivity contribution >= 4 is 5.69 Å². The first-order chi connectivity index (χ1) is 10.1. The summed E-state index contributed by atoms with van der Waals surface area (Å²) in [5.41, 5.74) is 3.42. The second-order valence-electron chi connectivity index (χ2n) is 4.96. The van der Waals surface area contributed by atoms with Crippen molar-refractivity contribution in [1.82, 2.24) is 0 Å². The molecular weight excluding hydrogens is 265 g/mol. The fourth-order valence-corrected chi connectivity index (χ4v) is 2.11. The van der Waals surface area contributed by atoms with Gasteiger partial charge in [-0.15, -0.1) is 0 Å². The first-order valence-corrected chi connectivity index (χ1v) is 6.76. The summed E-state index contributed by atoms with van der Waals surface area (Å²) in [6, 6.07) is 13.0. The van der Waals surface area contributed by atoms with Crippen molar-refractivity contribution in [3.8, 4) is 11.8 Å². The van der Waals surface area contributed by atoms with Crippen LogP contribution in [0.2, 0.25) is 0 Å². The van der Waals surface area contributed by atoms with Gasteiger partial charge < -0.3 is 10.0 Å². The lowest BCUT2D eigenvalue weighted by Gasteiger charge is -2.20. The number of halogens is 1. The van der Waals surface area contributed by atoms with Gasteiger partial charge in [0.15, 0.2) is 0 Å². The van der Waals surface area contributed by atoms with Crippen molar-refractivity contribution in [1.29, 1.82) is 0 Å². The molecule has 0 aliphatic rings. The molecule has 2 aromatic rings. The minimum absolute atomic E-state index is 0.223. The van der Waals surface area contributed by atoms with Gasteiger partial charge >= 0.3 is 0 Å². The largest absolute Gasteiger partial charge is 0.384 e. The molecule has 0 fully saturated rings. The molecule has 0 aliphatic heterocycles. The van der Waals surface area contributed by atoms with Crippen molar-refractivity contribution in [2.24, 2.45) is 0 Å². The van der Waals surface area contributed by atoms with Gasteiger partial charge in [0.25, 0.3) is 0 Å². The normalized spacial score (nSPS) is 9.90. The van der Waals surface area contributed by atoms with E-state index < -0.39 is 0 Å². The Morgan fingerprint density at radius 3 is 2.67 bits per heavy atom. The first kappa shape index (κ1) is 15.1. The lowest BCUT2D eigenvalue weighted by Crippen LogP contribution is -2.17. The Balaban J connectivity index is 2.16. The summed E-state index contributed by atoms with van der Waals surface area (Å²) in [4.78, 5) is 2.00. The molecule has 2 nitrogen and oxygen atoms in total. The maximum Gasteiger partial charge on any atom is 0.129 e. The van der Waals surface area contributed by atoms with E-state index in [-0.39, 0.29) is 12.4 Å². The van der Waals surface area contributed by atoms with Crippen LogP contribution in [0.5, 0.6) is 0 Å². The number of benzene rings is 2. The number of hydrogen-bond acceptors (Lipinski definition) is 2. The van der Waals surface area contributed by atoms with Gasteiger partial charge in [-0.25, -0.2) is 4.39 Å². The van der Waals surface area contributed by atoms with E-state index in [1.165, 1.54) is 11.6 Å². The number of aryl methyl sites for hydroxylation is 1. The minimum atomic E-state index is -0.278. The summed E-state index contributed by atoms with van der Waals surface area (Å²) in [5, 5.41) is 8.64. The molecule has 0 aliphatic carbocycles. The highest BCUT2D eigenvalue weighted by molar-refractivity contribution is 5.48. The van der Waals surface area contributed by atoms with Gasteiger partial charge in [-0.2, -0.15) is 0 Å². The Bertz CT molecular complexity index is 685. The quantitative estimate of drug-likeness (QED) is 0.875. The zero-order valence-electron chi connectivity index (χ0n) is 12.2. The van der Waals surface area contributed by atoms with Crippen LogP contribution < -0.4 is 4.90 Å². The molecule has 108 valence electrons. The van der Waals surface area contributed by atoms with E-state index in [1.807, 2.05) is 37.1 Å². The van der Waals surface area contributed by atoms with Crippen LogP contribution in [0.3, 0.4) is 0 Å². The number of aliphatic hydroxyl groups excluding tert-OH is 1. The average molecular weight is 283 g/mol. The van der Waals surface area contributed by atoms with E-state index >= 15 is 0 Å². The maximum atomic E-state index is 14.1. The molecule has 2 aromatic carbocycles. The molecule has 0 heterocycles. The van der Waals surface area contributed by atoms with E-state index in [1.54, 1.807) is 12.1 Å². The highest BCUT2D eigenvalue weighted by Gasteiger charge is 2.07. The topological polar surface area (TPSA) is 23.5 Å². The number of anilines is 1. The average Bonchev–Trinajstić information content (AvgIpc) is 2.47. The summed E-state index contributed by atoms with van der Waals surface area (Å²) < 4.78 is 14.1. The highest BCUT2D eigenvalue weighted by Crippen LogP contribution is 2.18. The van der Waals surface area contributed by atoms with Gasteiger partial charge in [0.1, 0.15) is 12.4 Å². The van der Waals surface area contributed by atoms with Crippen LogP contribution in [-0.2, 0) is 6.54 Å². The number of nitrogens with zero attached hydrogens (tertiary/aromatic N) is 1. The van der Waals surface area contributed by atoms with E-state index in [2.05, 4.69) is 17.9 Å². The molecule has 0 spiro atoms. The molecule has 0 amide bonds. The molecule has 3 heteroatoms. The van der Waals surface area contributed by atoms with Gasteiger partial charge in [0, 0.05) is 30.4 Å². The van der Waals surface area contributed by atoms with Crippen LogP contribution in [0, 0.1) is 24.6 Å². The lowest BCUT2D eigenvalue weighted by atomic mass is 10.1. The fraction of sp³-hybridized carbons (Fsp3) is 0.222. The third-order valence-corrected chi connectivity index (χ3v) is 3.21. The van der Waals surface area contributed by atoms with Crippen molar-refractivity contribution in [3.63, 3.8) is 0 Å². The van der Waals surface area contributed by atoms with Crippen LogP contribution in [0.4, 0.5) is 10.1 Å². The van der Waals surface area contributed by atoms with Gasteiger partial charge in [-0.1, -0.05) is 30.0 Å². The summed E-state index contributed by atoms with van der Waals surface area (Å²) in [5.74, 6) is 4.94. The molecule has 2 rings (SSSR count). The van der Waals surface area contributed by atoms with Crippen LogP contribution in [0.1, 0.15) is 16.7 Å². The lowest BCUT2D eigenvalue weighted by molar-refractivity contribution is 0.350. The maximum absolute atomic E-state index is 14.1. The Morgan fingerprint density at radius 1 is 1.19 bits per heavy atom. The standard InChI is InChI=1S/C18H18FNO/c1-14-5-3-7-17(11-14)20(2)13-16-9-8-15(6-4-10-21)12-18(16)19/h3,5,7-9,11-12,21H,10,13H2,1-2H3. The van der Waals surface area contributed by atoms with Crippen LogP contribution in [0.15, 0.2) is 42.5 Å². The van der Waals surface area contributed by atoms with Crippen molar-refractivity contribution in [2.45, 2.75) is 13.5 Å². The molecule has 0 unspecified atom stereocenters. The first-order valence-electron chi connectivity index (χ1n) is 6.76. The Morgan fingerprint density at radius 2 is 2.00 bits per heavy atom. The summed E-state index contributed by atoms with van der Waals surface area (Å²) >= 11 is 0. The van der Waals surface area contributed by atoms with Crippen molar-refractivity contribution in [3.05, 3.63) is 65.0 Å². The van der Waals surface area contributed by atoms with Gasteiger partial charge in [0.2, 0.25) is 0 Å². The third-order valence-electron chi connectivity index (χ3n) is 3.21. The third kappa shape index (κ3) is 4.08. The Hall–Kier alpha value is -2.31. The molecule has 0 radical (unpaired) electrons. The van der Waals surface area contributed by atoms with Crippen molar-refractivity contribution in [2.75, 3.05) is 18.6 Å². The summed E-state index contributed by atoms with van der Waals surface area (Å²) in [7, 11) is 1.94. The Kier molecular flexibility index (Phi) is 4.97. The predicted octanol–water partition coefficient (Wildman–Crippen LogP) is 3.11. The summed E-state index contributed by atoms with van der Waals surface area (Å²) in [6.07, 6.45) is 0. The van der Waals surface area contributed by atoms with Gasteiger partial charge in [-0.05, 0) is 36.8 Å². The van der Waals surface area contributed by atoms with E-state index in [4.69, 9.17) is 5.11 Å². The molecule has 1 N–H and O–H groups in total. The SMILES string of the molecule is Cc1cccc(N(C)Cc2ccc(C#CCO)cc2F)c1. The molecular formula is C18H18FNO. The number of aliphatic hydroxyl groups is 1.